The van der Waals surface area contributed by atoms with Crippen LogP contribution in [0.15, 0.2) is 18.2 Å². The molecule has 0 spiro atoms. The molecule has 0 fully saturated rings. The number of hydrogen-bond donors (Lipinski definition) is 1. The maximum Gasteiger partial charge on any atom is 0.308 e. The Bertz CT molecular complexity index is 491. The molecule has 1 aromatic carbocycles. The molecule has 0 aliphatic carbocycles. The van der Waals surface area contributed by atoms with Crippen molar-refractivity contribution in [3.8, 4) is 5.75 Å². The summed E-state index contributed by atoms with van der Waals surface area (Å²) < 4.78 is 10.9. The highest BCUT2D eigenvalue weighted by molar-refractivity contribution is 5.71. The van der Waals surface area contributed by atoms with E-state index in [4.69, 9.17) is 15.2 Å². The van der Waals surface area contributed by atoms with Gasteiger partial charge in [-0.05, 0) is 50.8 Å². The zero-order chi connectivity index (χ0) is 14.8. The van der Waals surface area contributed by atoms with Gasteiger partial charge in [0, 0.05) is 6.04 Å². The molecule has 0 aromatic heterocycles. The van der Waals surface area contributed by atoms with Gasteiger partial charge in [0.25, 0.3) is 0 Å². The lowest BCUT2D eigenvalue weighted by molar-refractivity contribution is -0.155. The molecule has 1 aliphatic rings. The summed E-state index contributed by atoms with van der Waals surface area (Å²) in [5.74, 6) is 0.670. The molecular weight excluding hydrogens is 254 g/mol. The molecule has 1 atom stereocenters. The molecule has 0 radical (unpaired) electrons. The number of carbonyl (C=O) groups excluding carboxylic acids is 1. The Kier molecular flexibility index (Phi) is 4.33. The average molecular weight is 277 g/mol. The summed E-state index contributed by atoms with van der Waals surface area (Å²) in [4.78, 5) is 11.8. The number of benzene rings is 1. The van der Waals surface area contributed by atoms with Crippen LogP contribution in [-0.2, 0) is 16.0 Å². The molecule has 0 bridgehead atoms. The number of carbonyl (C=O) groups is 1. The molecule has 20 heavy (non-hydrogen) atoms. The van der Waals surface area contributed by atoms with Gasteiger partial charge < -0.3 is 15.2 Å². The molecular formula is C16H23NO3. The van der Waals surface area contributed by atoms with E-state index in [0.29, 0.717) is 0 Å². The number of ether oxygens (including phenoxy) is 2. The molecule has 2 rings (SSSR count). The van der Waals surface area contributed by atoms with Crippen molar-refractivity contribution >= 4 is 5.97 Å². The first-order valence-electron chi connectivity index (χ1n) is 7.08. The Morgan fingerprint density at radius 1 is 1.45 bits per heavy atom. The molecule has 1 aromatic rings. The maximum atomic E-state index is 11.8. The predicted molar refractivity (Wildman–Crippen MR) is 77.6 cm³/mol. The smallest absolute Gasteiger partial charge is 0.308 e. The highest BCUT2D eigenvalue weighted by Crippen LogP contribution is 2.28. The monoisotopic (exact) mass is 277 g/mol. The van der Waals surface area contributed by atoms with Crippen molar-refractivity contribution in [1.82, 2.24) is 0 Å². The minimum absolute atomic E-state index is 0.191. The fourth-order valence-corrected chi connectivity index (χ4v) is 2.29. The summed E-state index contributed by atoms with van der Waals surface area (Å²) >= 11 is 0. The Hall–Kier alpha value is -1.55. The maximum absolute atomic E-state index is 11.8. The van der Waals surface area contributed by atoms with Crippen molar-refractivity contribution in [2.75, 3.05) is 6.61 Å². The van der Waals surface area contributed by atoms with Crippen molar-refractivity contribution in [2.24, 2.45) is 5.73 Å². The molecule has 1 heterocycles. The molecule has 0 amide bonds. The van der Waals surface area contributed by atoms with E-state index in [9.17, 15) is 4.79 Å². The minimum Gasteiger partial charge on any atom is -0.493 e. The summed E-state index contributed by atoms with van der Waals surface area (Å²) in [5.41, 5.74) is 7.77. The number of rotatable bonds is 3. The number of aryl methyl sites for hydroxylation is 1. The summed E-state index contributed by atoms with van der Waals surface area (Å²) in [6, 6.07) is 5.58. The molecule has 4 heteroatoms. The van der Waals surface area contributed by atoms with Crippen molar-refractivity contribution in [1.29, 1.82) is 0 Å². The van der Waals surface area contributed by atoms with Crippen LogP contribution < -0.4 is 10.5 Å². The number of fused-ring (bicyclic) bond motifs is 1. The van der Waals surface area contributed by atoms with Gasteiger partial charge in [-0.1, -0.05) is 12.1 Å². The van der Waals surface area contributed by atoms with Crippen LogP contribution in [0.2, 0.25) is 0 Å². The van der Waals surface area contributed by atoms with E-state index in [1.54, 1.807) is 0 Å². The second-order valence-electron chi connectivity index (χ2n) is 6.22. The van der Waals surface area contributed by atoms with E-state index in [1.165, 1.54) is 5.56 Å². The number of hydrogen-bond acceptors (Lipinski definition) is 4. The average Bonchev–Trinajstić information content (AvgIpc) is 2.35. The van der Waals surface area contributed by atoms with E-state index >= 15 is 0 Å². The van der Waals surface area contributed by atoms with Gasteiger partial charge in [0.05, 0.1) is 13.0 Å². The Morgan fingerprint density at radius 2 is 2.20 bits per heavy atom. The van der Waals surface area contributed by atoms with Gasteiger partial charge in [0.2, 0.25) is 0 Å². The van der Waals surface area contributed by atoms with Gasteiger partial charge in [0.15, 0.2) is 0 Å². The normalized spacial score (nSPS) is 16.0. The standard InChI is InChI=1S/C16H23NO3/c1-16(2,3)20-15(18)10-13(17)11-6-7-14-12(9-11)5-4-8-19-14/h6-7,9,13H,4-5,8,10,17H2,1-3H3/t13-/m0/s1. The predicted octanol–water partition coefficient (Wildman–Crippen LogP) is 2.74. The van der Waals surface area contributed by atoms with Gasteiger partial charge in [-0.3, -0.25) is 4.79 Å². The number of nitrogens with two attached hydrogens (primary N) is 1. The van der Waals surface area contributed by atoms with Gasteiger partial charge in [-0.25, -0.2) is 0 Å². The fraction of sp³-hybridized carbons (Fsp3) is 0.562. The van der Waals surface area contributed by atoms with Crippen LogP contribution in [0.25, 0.3) is 0 Å². The summed E-state index contributed by atoms with van der Waals surface area (Å²) in [6.07, 6.45) is 2.22. The van der Waals surface area contributed by atoms with E-state index in [0.717, 1.165) is 30.8 Å². The van der Waals surface area contributed by atoms with Crippen LogP contribution in [0.1, 0.15) is 50.8 Å². The largest absolute Gasteiger partial charge is 0.493 e. The third-order valence-electron chi connectivity index (χ3n) is 3.17. The number of esters is 1. The van der Waals surface area contributed by atoms with Crippen molar-refractivity contribution in [2.45, 2.75) is 51.7 Å². The van der Waals surface area contributed by atoms with Gasteiger partial charge in [-0.2, -0.15) is 0 Å². The van der Waals surface area contributed by atoms with Crippen LogP contribution >= 0.6 is 0 Å². The highest BCUT2D eigenvalue weighted by atomic mass is 16.6. The van der Waals surface area contributed by atoms with Crippen LogP contribution in [0.5, 0.6) is 5.75 Å². The SMILES string of the molecule is CC(C)(C)OC(=O)C[C@H](N)c1ccc2c(c1)CCCO2. The van der Waals surface area contributed by atoms with Crippen molar-refractivity contribution in [3.05, 3.63) is 29.3 Å². The first kappa shape index (κ1) is 14.9. The second-order valence-corrected chi connectivity index (χ2v) is 6.22. The molecule has 0 unspecified atom stereocenters. The lowest BCUT2D eigenvalue weighted by atomic mass is 9.98. The van der Waals surface area contributed by atoms with Crippen LogP contribution in [0.3, 0.4) is 0 Å². The minimum atomic E-state index is -0.472. The molecule has 110 valence electrons. The lowest BCUT2D eigenvalue weighted by Gasteiger charge is -2.22. The third-order valence-corrected chi connectivity index (χ3v) is 3.17. The van der Waals surface area contributed by atoms with Crippen LogP contribution in [0.4, 0.5) is 0 Å². The quantitative estimate of drug-likeness (QED) is 0.863. The summed E-state index contributed by atoms with van der Waals surface area (Å²) in [5, 5.41) is 0. The van der Waals surface area contributed by atoms with E-state index in [1.807, 2.05) is 39.0 Å². The first-order chi connectivity index (χ1) is 9.35. The molecule has 1 aliphatic heterocycles. The third kappa shape index (κ3) is 3.97. The Balaban J connectivity index is 2.02. The summed E-state index contributed by atoms with van der Waals surface area (Å²) in [7, 11) is 0. The molecule has 0 saturated carbocycles. The Morgan fingerprint density at radius 3 is 2.90 bits per heavy atom. The van der Waals surface area contributed by atoms with E-state index in [-0.39, 0.29) is 18.4 Å². The first-order valence-corrected chi connectivity index (χ1v) is 7.08. The van der Waals surface area contributed by atoms with Gasteiger partial charge in [0.1, 0.15) is 11.4 Å². The second kappa shape index (κ2) is 5.83. The van der Waals surface area contributed by atoms with Crippen LogP contribution in [-0.4, -0.2) is 18.2 Å². The zero-order valence-corrected chi connectivity index (χ0v) is 12.4. The topological polar surface area (TPSA) is 61.5 Å². The van der Waals surface area contributed by atoms with E-state index in [2.05, 4.69) is 0 Å². The van der Waals surface area contributed by atoms with Crippen molar-refractivity contribution in [3.63, 3.8) is 0 Å². The summed E-state index contributed by atoms with van der Waals surface area (Å²) in [6.45, 7) is 6.34. The van der Waals surface area contributed by atoms with Gasteiger partial charge in [-0.15, -0.1) is 0 Å². The Labute approximate surface area is 120 Å². The van der Waals surface area contributed by atoms with Crippen molar-refractivity contribution < 1.29 is 14.3 Å². The molecule has 4 nitrogen and oxygen atoms in total. The zero-order valence-electron chi connectivity index (χ0n) is 12.4. The highest BCUT2D eigenvalue weighted by Gasteiger charge is 2.20. The lowest BCUT2D eigenvalue weighted by Crippen LogP contribution is -2.26. The molecule has 0 saturated heterocycles. The fourth-order valence-electron chi connectivity index (χ4n) is 2.29. The van der Waals surface area contributed by atoms with E-state index < -0.39 is 5.60 Å². The molecule has 2 N–H and O–H groups in total. The van der Waals surface area contributed by atoms with Crippen LogP contribution in [0, 0.1) is 0 Å². The van der Waals surface area contributed by atoms with Gasteiger partial charge >= 0.3 is 5.97 Å².